The van der Waals surface area contributed by atoms with Crippen LogP contribution in [0.25, 0.3) is 0 Å². The second-order valence-corrected chi connectivity index (χ2v) is 9.09. The predicted molar refractivity (Wildman–Crippen MR) is 124 cm³/mol. The molecule has 8 heteroatoms. The molecule has 2 aliphatic rings. The van der Waals surface area contributed by atoms with E-state index in [1.165, 1.54) is 12.1 Å². The van der Waals surface area contributed by atoms with Gasteiger partial charge in [-0.2, -0.15) is 0 Å². The van der Waals surface area contributed by atoms with Gasteiger partial charge in [0.15, 0.2) is 0 Å². The van der Waals surface area contributed by atoms with Crippen molar-refractivity contribution in [1.82, 2.24) is 15.2 Å². The van der Waals surface area contributed by atoms with Gasteiger partial charge in [0.05, 0.1) is 17.7 Å². The Bertz CT molecular complexity index is 1050. The van der Waals surface area contributed by atoms with E-state index in [9.17, 15) is 19.1 Å². The number of carbonyl (C=O) groups excluding carboxylic acids is 2. The molecule has 1 amide bonds. The molecule has 2 N–H and O–H groups in total. The van der Waals surface area contributed by atoms with Crippen LogP contribution in [-0.4, -0.2) is 65.4 Å². The van der Waals surface area contributed by atoms with Crippen LogP contribution in [0.2, 0.25) is 0 Å². The topological polar surface area (TPSA) is 85.8 Å². The Balaban J connectivity index is 1.41. The fraction of sp³-hybridized carbons (Fsp3) is 0.480. The number of anilines is 1. The molecular formula is C25H31FN4O3. The third-order valence-corrected chi connectivity index (χ3v) is 6.82. The Hall–Kier alpha value is -2.84. The number of aldehydes is 1. The largest absolute Gasteiger partial charge is 0.387 e. The maximum absolute atomic E-state index is 14.9. The molecule has 3 heterocycles. The fourth-order valence-corrected chi connectivity index (χ4v) is 4.72. The standard InChI is InChI=1S/C25H31FN4O3/c1-15-12-16(2)24(27-17(15)3)29-8-10-30(11-9-29)25(33)20-6-4-18(13-21(20)26)23(32)22-7-5-19(14-31)28-22/h4,6,12-14,19,22-23,28,32H,5,7-11H2,1-3H3. The van der Waals surface area contributed by atoms with Gasteiger partial charge in [-0.05, 0) is 62.4 Å². The molecule has 0 aliphatic carbocycles. The molecule has 0 radical (unpaired) electrons. The molecule has 3 atom stereocenters. The fourth-order valence-electron chi connectivity index (χ4n) is 4.72. The lowest BCUT2D eigenvalue weighted by molar-refractivity contribution is -0.109. The summed E-state index contributed by atoms with van der Waals surface area (Å²) in [4.78, 5) is 32.5. The zero-order chi connectivity index (χ0) is 23.7. The minimum Gasteiger partial charge on any atom is -0.387 e. The lowest BCUT2D eigenvalue weighted by atomic mass is 9.99. The van der Waals surface area contributed by atoms with Crippen LogP contribution in [0, 0.1) is 26.6 Å². The summed E-state index contributed by atoms with van der Waals surface area (Å²) in [6.45, 7) is 8.30. The number of aliphatic hydroxyl groups is 1. The molecule has 1 aromatic heterocycles. The average molecular weight is 455 g/mol. The maximum Gasteiger partial charge on any atom is 0.256 e. The molecule has 2 aliphatic heterocycles. The van der Waals surface area contributed by atoms with Crippen LogP contribution in [0.5, 0.6) is 0 Å². The molecule has 7 nitrogen and oxygen atoms in total. The van der Waals surface area contributed by atoms with Gasteiger partial charge in [0, 0.05) is 37.9 Å². The first-order chi connectivity index (χ1) is 15.8. The molecule has 3 unspecified atom stereocenters. The van der Waals surface area contributed by atoms with Gasteiger partial charge < -0.3 is 25.0 Å². The van der Waals surface area contributed by atoms with Crippen molar-refractivity contribution in [3.63, 3.8) is 0 Å². The Morgan fingerprint density at radius 2 is 1.88 bits per heavy atom. The highest BCUT2D eigenvalue weighted by molar-refractivity contribution is 5.94. The number of aryl methyl sites for hydroxylation is 3. The molecule has 0 bridgehead atoms. The maximum atomic E-state index is 14.9. The van der Waals surface area contributed by atoms with Crippen LogP contribution in [0.1, 0.15) is 51.7 Å². The third kappa shape index (κ3) is 4.77. The van der Waals surface area contributed by atoms with E-state index in [0.717, 1.165) is 28.9 Å². The zero-order valence-electron chi connectivity index (χ0n) is 19.3. The lowest BCUT2D eigenvalue weighted by Crippen LogP contribution is -2.49. The Morgan fingerprint density at radius 1 is 1.15 bits per heavy atom. The van der Waals surface area contributed by atoms with Crippen molar-refractivity contribution in [1.29, 1.82) is 0 Å². The van der Waals surface area contributed by atoms with Crippen LogP contribution in [-0.2, 0) is 4.79 Å². The van der Waals surface area contributed by atoms with Gasteiger partial charge in [-0.1, -0.05) is 12.1 Å². The summed E-state index contributed by atoms with van der Waals surface area (Å²) in [7, 11) is 0. The lowest BCUT2D eigenvalue weighted by Gasteiger charge is -2.36. The van der Waals surface area contributed by atoms with Gasteiger partial charge in [-0.15, -0.1) is 0 Å². The molecule has 1 aromatic carbocycles. The molecule has 176 valence electrons. The third-order valence-electron chi connectivity index (χ3n) is 6.82. The van der Waals surface area contributed by atoms with Crippen LogP contribution >= 0.6 is 0 Å². The number of aliphatic hydroxyl groups excluding tert-OH is 1. The Labute approximate surface area is 193 Å². The van der Waals surface area contributed by atoms with Gasteiger partial charge in [0.1, 0.15) is 17.9 Å². The van der Waals surface area contributed by atoms with Crippen LogP contribution < -0.4 is 10.2 Å². The van der Waals surface area contributed by atoms with E-state index < -0.39 is 11.9 Å². The number of rotatable bonds is 5. The summed E-state index contributed by atoms with van der Waals surface area (Å²) in [6, 6.07) is 5.81. The number of nitrogens with zero attached hydrogens (tertiary/aromatic N) is 3. The number of halogens is 1. The number of piperazine rings is 1. The van der Waals surface area contributed by atoms with E-state index in [-0.39, 0.29) is 23.6 Å². The number of pyridine rings is 1. The number of aromatic nitrogens is 1. The highest BCUT2D eigenvalue weighted by Gasteiger charge is 2.31. The Morgan fingerprint density at radius 3 is 2.52 bits per heavy atom. The normalized spacial score (nSPS) is 21.8. The summed E-state index contributed by atoms with van der Waals surface area (Å²) >= 11 is 0. The van der Waals surface area contributed by atoms with Crippen molar-refractivity contribution in [2.45, 2.75) is 51.8 Å². The van der Waals surface area contributed by atoms with E-state index in [1.54, 1.807) is 11.0 Å². The smallest absolute Gasteiger partial charge is 0.256 e. The quantitative estimate of drug-likeness (QED) is 0.675. The van der Waals surface area contributed by atoms with Gasteiger partial charge in [-0.25, -0.2) is 9.37 Å². The van der Waals surface area contributed by atoms with Crippen LogP contribution in [0.4, 0.5) is 10.2 Å². The first-order valence-corrected chi connectivity index (χ1v) is 11.5. The van der Waals surface area contributed by atoms with E-state index in [4.69, 9.17) is 4.98 Å². The second-order valence-electron chi connectivity index (χ2n) is 9.09. The summed E-state index contributed by atoms with van der Waals surface area (Å²) in [5.41, 5.74) is 3.66. The minimum atomic E-state index is -0.939. The minimum absolute atomic E-state index is 0.00466. The summed E-state index contributed by atoms with van der Waals surface area (Å²) in [5, 5.41) is 13.6. The van der Waals surface area contributed by atoms with Gasteiger partial charge >= 0.3 is 0 Å². The molecule has 2 aromatic rings. The molecule has 2 fully saturated rings. The molecule has 33 heavy (non-hydrogen) atoms. The Kier molecular flexibility index (Phi) is 6.76. The zero-order valence-corrected chi connectivity index (χ0v) is 19.3. The number of hydrogen-bond acceptors (Lipinski definition) is 6. The highest BCUT2D eigenvalue weighted by atomic mass is 19.1. The van der Waals surface area contributed by atoms with Crippen LogP contribution in [0.3, 0.4) is 0 Å². The van der Waals surface area contributed by atoms with E-state index in [2.05, 4.69) is 16.3 Å². The molecule has 0 spiro atoms. The van der Waals surface area contributed by atoms with Crippen molar-refractivity contribution < 1.29 is 19.1 Å². The summed E-state index contributed by atoms with van der Waals surface area (Å²) in [6.07, 6.45) is 1.16. The van der Waals surface area contributed by atoms with Gasteiger partial charge in [0.25, 0.3) is 5.91 Å². The van der Waals surface area contributed by atoms with Crippen molar-refractivity contribution in [2.24, 2.45) is 0 Å². The van der Waals surface area contributed by atoms with E-state index >= 15 is 0 Å². The number of amides is 1. The number of benzene rings is 1. The van der Waals surface area contributed by atoms with Crippen molar-refractivity contribution in [2.75, 3.05) is 31.1 Å². The summed E-state index contributed by atoms with van der Waals surface area (Å²) < 4.78 is 14.9. The number of hydrogen-bond donors (Lipinski definition) is 2. The SMILES string of the molecule is Cc1cc(C)c(N2CCN(C(=O)c3ccc(C(O)C4CCC(C=O)N4)cc3F)CC2)nc1C. The second kappa shape index (κ2) is 9.57. The molecule has 0 saturated carbocycles. The van der Waals surface area contributed by atoms with E-state index in [0.29, 0.717) is 44.6 Å². The van der Waals surface area contributed by atoms with Crippen molar-refractivity contribution in [3.05, 3.63) is 58.0 Å². The molecule has 4 rings (SSSR count). The number of carbonyl (C=O) groups is 2. The molecule has 2 saturated heterocycles. The highest BCUT2D eigenvalue weighted by Crippen LogP contribution is 2.27. The first-order valence-electron chi connectivity index (χ1n) is 11.5. The van der Waals surface area contributed by atoms with Crippen molar-refractivity contribution in [3.8, 4) is 0 Å². The van der Waals surface area contributed by atoms with Gasteiger partial charge in [0.2, 0.25) is 0 Å². The number of nitrogens with one attached hydrogen (secondary N) is 1. The van der Waals surface area contributed by atoms with Crippen LogP contribution in [0.15, 0.2) is 24.3 Å². The monoisotopic (exact) mass is 454 g/mol. The average Bonchev–Trinajstić information content (AvgIpc) is 3.30. The van der Waals surface area contributed by atoms with E-state index in [1.807, 2.05) is 20.8 Å². The van der Waals surface area contributed by atoms with Gasteiger partial charge in [-0.3, -0.25) is 4.79 Å². The predicted octanol–water partition coefficient (Wildman–Crippen LogP) is 2.46. The summed E-state index contributed by atoms with van der Waals surface area (Å²) in [5.74, 6) is -0.0550. The molecular weight excluding hydrogens is 423 g/mol. The van der Waals surface area contributed by atoms with Crippen molar-refractivity contribution >= 4 is 18.0 Å². The first kappa shape index (κ1) is 23.3.